The molecule has 4 heteroatoms. The highest BCUT2D eigenvalue weighted by Gasteiger charge is 2.35. The third-order valence-electron chi connectivity index (χ3n) is 4.26. The van der Waals surface area contributed by atoms with Gasteiger partial charge in [0.15, 0.2) is 12.1 Å². The Hall–Kier alpha value is -0.740. The van der Waals surface area contributed by atoms with Crippen LogP contribution in [0.25, 0.3) is 0 Å². The fourth-order valence-corrected chi connectivity index (χ4v) is 2.45. The number of rotatable bonds is 15. The molecule has 0 aromatic rings. The third kappa shape index (κ3) is 8.61. The van der Waals surface area contributed by atoms with Crippen molar-refractivity contribution in [2.45, 2.75) is 97.2 Å². The Morgan fingerprint density at radius 2 is 1.48 bits per heavy atom. The molecule has 0 aromatic carbocycles. The lowest BCUT2D eigenvalue weighted by Gasteiger charge is -2.30. The minimum atomic E-state index is -0.874. The lowest BCUT2D eigenvalue weighted by atomic mass is 9.89. The van der Waals surface area contributed by atoms with Crippen LogP contribution in [0.15, 0.2) is 0 Å². The molecule has 0 spiro atoms. The van der Waals surface area contributed by atoms with E-state index in [2.05, 4.69) is 20.8 Å². The van der Waals surface area contributed by atoms with Gasteiger partial charge < -0.3 is 14.3 Å². The van der Waals surface area contributed by atoms with Crippen molar-refractivity contribution in [2.24, 2.45) is 0 Å². The summed E-state index contributed by atoms with van der Waals surface area (Å²) in [5.41, 5.74) is -1.61. The zero-order chi connectivity index (χ0) is 17.8. The van der Waals surface area contributed by atoms with Gasteiger partial charge >= 0.3 is 0 Å². The average molecular weight is 328 g/mol. The smallest absolute Gasteiger partial charge is 0.164 e. The van der Waals surface area contributed by atoms with E-state index >= 15 is 0 Å². The molecule has 0 aliphatic carbocycles. The van der Waals surface area contributed by atoms with Gasteiger partial charge in [-0.3, -0.25) is 4.79 Å². The van der Waals surface area contributed by atoms with Gasteiger partial charge in [0.2, 0.25) is 0 Å². The van der Waals surface area contributed by atoms with Crippen LogP contribution in [0, 0.1) is 0 Å². The quantitative estimate of drug-likeness (QED) is 0.328. The summed E-state index contributed by atoms with van der Waals surface area (Å²) in [6.45, 7) is 11.0. The predicted octanol–water partition coefficient (Wildman–Crippen LogP) is 4.49. The molecule has 4 nitrogen and oxygen atoms in total. The van der Waals surface area contributed by atoms with Gasteiger partial charge in [-0.05, 0) is 39.5 Å². The molecular formula is C19H36O4. The predicted molar refractivity (Wildman–Crippen MR) is 93.7 cm³/mol. The topological polar surface area (TPSA) is 52.6 Å². The lowest BCUT2D eigenvalue weighted by molar-refractivity contribution is -0.146. The summed E-state index contributed by atoms with van der Waals surface area (Å²) in [6.07, 6.45) is 7.10. The molecule has 0 amide bonds. The van der Waals surface area contributed by atoms with Crippen LogP contribution in [0.5, 0.6) is 0 Å². The number of carbonyl (C=O) groups is 2. The van der Waals surface area contributed by atoms with Crippen LogP contribution in [-0.4, -0.2) is 36.5 Å². The van der Waals surface area contributed by atoms with Crippen molar-refractivity contribution in [3.05, 3.63) is 0 Å². The molecule has 0 fully saturated rings. The van der Waals surface area contributed by atoms with E-state index in [1.54, 1.807) is 6.92 Å². The van der Waals surface area contributed by atoms with E-state index in [0.717, 1.165) is 38.4 Å². The zero-order valence-corrected chi connectivity index (χ0v) is 15.8. The van der Waals surface area contributed by atoms with Gasteiger partial charge in [0.05, 0.1) is 0 Å². The van der Waals surface area contributed by atoms with Crippen molar-refractivity contribution in [1.29, 1.82) is 0 Å². The number of ketones is 1. The highest BCUT2D eigenvalue weighted by molar-refractivity contribution is 5.87. The first-order valence-electron chi connectivity index (χ1n) is 9.15. The average Bonchev–Trinajstić information content (AvgIpc) is 2.53. The van der Waals surface area contributed by atoms with Crippen molar-refractivity contribution in [3.63, 3.8) is 0 Å². The van der Waals surface area contributed by atoms with E-state index in [-0.39, 0.29) is 5.78 Å². The van der Waals surface area contributed by atoms with Crippen molar-refractivity contribution in [3.8, 4) is 0 Å². The Balaban J connectivity index is 4.61. The molecule has 0 heterocycles. The molecule has 136 valence electrons. The Morgan fingerprint density at radius 1 is 0.913 bits per heavy atom. The van der Waals surface area contributed by atoms with E-state index in [1.807, 2.05) is 6.92 Å². The highest BCUT2D eigenvalue weighted by atomic mass is 16.5. The molecule has 0 saturated carbocycles. The molecule has 0 saturated heterocycles. The second-order valence-electron chi connectivity index (χ2n) is 6.74. The SMILES string of the molecule is CCCCOC(C)(C=O)CCC(=O)C(C)(CCC)OCCCC. The van der Waals surface area contributed by atoms with Gasteiger partial charge in [0, 0.05) is 19.6 Å². The number of hydrogen-bond acceptors (Lipinski definition) is 4. The normalized spacial score (nSPS) is 16.6. The number of hydrogen-bond donors (Lipinski definition) is 0. The van der Waals surface area contributed by atoms with Crippen molar-refractivity contribution < 1.29 is 19.1 Å². The fourth-order valence-electron chi connectivity index (χ4n) is 2.45. The molecule has 0 aliphatic rings. The highest BCUT2D eigenvalue weighted by Crippen LogP contribution is 2.25. The molecule has 0 aromatic heterocycles. The van der Waals surface area contributed by atoms with Crippen LogP contribution >= 0.6 is 0 Å². The van der Waals surface area contributed by atoms with Gasteiger partial charge in [-0.2, -0.15) is 0 Å². The zero-order valence-electron chi connectivity index (χ0n) is 15.8. The Kier molecular flexibility index (Phi) is 11.4. The van der Waals surface area contributed by atoms with Gasteiger partial charge in [0.25, 0.3) is 0 Å². The van der Waals surface area contributed by atoms with E-state index in [4.69, 9.17) is 9.47 Å². The van der Waals surface area contributed by atoms with E-state index in [0.29, 0.717) is 32.5 Å². The first-order chi connectivity index (χ1) is 10.9. The summed E-state index contributed by atoms with van der Waals surface area (Å²) in [4.78, 5) is 24.0. The van der Waals surface area contributed by atoms with Crippen molar-refractivity contribution in [2.75, 3.05) is 13.2 Å². The molecule has 0 bridgehead atoms. The first kappa shape index (κ1) is 22.3. The summed E-state index contributed by atoms with van der Waals surface area (Å²) in [6, 6.07) is 0. The number of aldehydes is 1. The lowest BCUT2D eigenvalue weighted by Crippen LogP contribution is -2.41. The fraction of sp³-hybridized carbons (Fsp3) is 0.895. The molecule has 0 radical (unpaired) electrons. The molecule has 2 unspecified atom stereocenters. The first-order valence-corrected chi connectivity index (χ1v) is 9.15. The molecule has 2 atom stereocenters. The van der Waals surface area contributed by atoms with Crippen LogP contribution in [0.4, 0.5) is 0 Å². The largest absolute Gasteiger partial charge is 0.368 e. The van der Waals surface area contributed by atoms with Crippen LogP contribution in [0.2, 0.25) is 0 Å². The summed E-state index contributed by atoms with van der Waals surface area (Å²) >= 11 is 0. The van der Waals surface area contributed by atoms with Gasteiger partial charge in [-0.25, -0.2) is 0 Å². The van der Waals surface area contributed by atoms with Crippen molar-refractivity contribution >= 4 is 12.1 Å². The number of Topliss-reactive ketones (excluding diaryl/α,β-unsaturated/α-hetero) is 1. The number of ether oxygens (including phenoxy) is 2. The minimum absolute atomic E-state index is 0.0719. The van der Waals surface area contributed by atoms with Crippen LogP contribution in [0.3, 0.4) is 0 Å². The van der Waals surface area contributed by atoms with E-state index < -0.39 is 11.2 Å². The molecular weight excluding hydrogens is 292 g/mol. The summed E-state index contributed by atoms with van der Waals surface area (Å²) < 4.78 is 11.6. The van der Waals surface area contributed by atoms with Gasteiger partial charge in [-0.15, -0.1) is 0 Å². The maximum absolute atomic E-state index is 12.6. The number of unbranched alkanes of at least 4 members (excludes halogenated alkanes) is 2. The maximum atomic E-state index is 12.6. The molecule has 0 rings (SSSR count). The second kappa shape index (κ2) is 11.7. The minimum Gasteiger partial charge on any atom is -0.368 e. The van der Waals surface area contributed by atoms with Crippen LogP contribution in [-0.2, 0) is 19.1 Å². The van der Waals surface area contributed by atoms with Crippen LogP contribution in [0.1, 0.15) is 86.0 Å². The third-order valence-corrected chi connectivity index (χ3v) is 4.26. The molecule has 0 N–H and O–H groups in total. The Morgan fingerprint density at radius 3 is 1.96 bits per heavy atom. The standard InChI is InChI=1S/C19H36O4/c1-6-9-14-22-18(4,16-20)13-11-17(21)19(5,12-8-3)23-15-10-7-2/h16H,6-15H2,1-5H3. The molecule has 0 aliphatic heterocycles. The monoisotopic (exact) mass is 328 g/mol. The van der Waals surface area contributed by atoms with Gasteiger partial charge in [-0.1, -0.05) is 40.0 Å². The van der Waals surface area contributed by atoms with E-state index in [1.165, 1.54) is 0 Å². The van der Waals surface area contributed by atoms with Crippen molar-refractivity contribution in [1.82, 2.24) is 0 Å². The summed E-state index contributed by atoms with van der Waals surface area (Å²) in [5, 5.41) is 0. The maximum Gasteiger partial charge on any atom is 0.164 e. The Bertz CT molecular complexity index is 342. The van der Waals surface area contributed by atoms with E-state index in [9.17, 15) is 9.59 Å². The summed E-state index contributed by atoms with van der Waals surface area (Å²) in [5.74, 6) is 0.0719. The summed E-state index contributed by atoms with van der Waals surface area (Å²) in [7, 11) is 0. The van der Waals surface area contributed by atoms with Gasteiger partial charge in [0.1, 0.15) is 11.2 Å². The number of carbonyl (C=O) groups excluding carboxylic acids is 2. The Labute approximate surface area is 142 Å². The molecule has 23 heavy (non-hydrogen) atoms. The van der Waals surface area contributed by atoms with Crippen LogP contribution < -0.4 is 0 Å². The second-order valence-corrected chi connectivity index (χ2v) is 6.74.